The Hall–Kier alpha value is -2.74. The van der Waals surface area contributed by atoms with E-state index in [0.717, 1.165) is 6.26 Å². The number of hydrogen-bond acceptors (Lipinski definition) is 5. The summed E-state index contributed by atoms with van der Waals surface area (Å²) >= 11 is 0. The lowest BCUT2D eigenvalue weighted by molar-refractivity contribution is -0.384. The van der Waals surface area contributed by atoms with Crippen molar-refractivity contribution in [2.24, 2.45) is 0 Å². The van der Waals surface area contributed by atoms with Crippen LogP contribution in [-0.2, 0) is 9.84 Å². The molecular formula is C14H12N2O5S. The molecule has 2 aromatic carbocycles. The summed E-state index contributed by atoms with van der Waals surface area (Å²) < 4.78 is 23.0. The summed E-state index contributed by atoms with van der Waals surface area (Å²) in [6, 6.07) is 11.0. The van der Waals surface area contributed by atoms with E-state index >= 15 is 0 Å². The number of nitrogens with zero attached hydrogens (tertiary/aromatic N) is 1. The van der Waals surface area contributed by atoms with Gasteiger partial charge in [0.25, 0.3) is 11.6 Å². The van der Waals surface area contributed by atoms with Gasteiger partial charge in [-0.25, -0.2) is 8.42 Å². The Balaban J connectivity index is 2.26. The minimum Gasteiger partial charge on any atom is -0.322 e. The average molecular weight is 320 g/mol. The molecule has 0 saturated heterocycles. The van der Waals surface area contributed by atoms with E-state index in [4.69, 9.17) is 0 Å². The van der Waals surface area contributed by atoms with E-state index in [1.807, 2.05) is 0 Å². The van der Waals surface area contributed by atoms with Crippen LogP contribution in [0.2, 0.25) is 0 Å². The molecule has 0 saturated carbocycles. The highest BCUT2D eigenvalue weighted by atomic mass is 32.2. The van der Waals surface area contributed by atoms with Crippen LogP contribution in [0, 0.1) is 10.1 Å². The van der Waals surface area contributed by atoms with E-state index in [-0.39, 0.29) is 21.8 Å². The standard InChI is InChI=1S/C14H12N2O5S/c1-22(20,21)13-7-2-4-10(8-13)14(17)15-11-5-3-6-12(9-11)16(18)19/h2-9H,1H3,(H,15,17). The molecule has 2 aromatic rings. The van der Waals surface area contributed by atoms with Crippen LogP contribution in [-0.4, -0.2) is 25.5 Å². The van der Waals surface area contributed by atoms with E-state index in [1.165, 1.54) is 48.5 Å². The van der Waals surface area contributed by atoms with E-state index in [0.29, 0.717) is 0 Å². The number of nitro groups is 1. The van der Waals surface area contributed by atoms with Gasteiger partial charge in [0, 0.05) is 29.6 Å². The number of sulfone groups is 1. The third-order valence-corrected chi connectivity index (χ3v) is 3.95. The molecule has 0 fully saturated rings. The number of nitro benzene ring substituents is 1. The number of carbonyl (C=O) groups is 1. The van der Waals surface area contributed by atoms with Crippen molar-refractivity contribution < 1.29 is 18.1 Å². The van der Waals surface area contributed by atoms with Crippen molar-refractivity contribution in [1.29, 1.82) is 0 Å². The molecule has 0 atom stereocenters. The second-order valence-corrected chi connectivity index (χ2v) is 6.58. The first-order chi connectivity index (χ1) is 10.3. The van der Waals surface area contributed by atoms with Crippen LogP contribution in [0.1, 0.15) is 10.4 Å². The van der Waals surface area contributed by atoms with Crippen molar-refractivity contribution in [3.63, 3.8) is 0 Å². The third kappa shape index (κ3) is 3.67. The van der Waals surface area contributed by atoms with Gasteiger partial charge in [-0.1, -0.05) is 12.1 Å². The average Bonchev–Trinajstić information content (AvgIpc) is 2.46. The summed E-state index contributed by atoms with van der Waals surface area (Å²) in [5.74, 6) is -0.550. The summed E-state index contributed by atoms with van der Waals surface area (Å²) in [5.41, 5.74) is 0.251. The first-order valence-electron chi connectivity index (χ1n) is 6.13. The molecule has 22 heavy (non-hydrogen) atoms. The minimum atomic E-state index is -3.42. The quantitative estimate of drug-likeness (QED) is 0.687. The van der Waals surface area contributed by atoms with Gasteiger partial charge in [-0.15, -0.1) is 0 Å². The maximum Gasteiger partial charge on any atom is 0.271 e. The highest BCUT2D eigenvalue weighted by Crippen LogP contribution is 2.18. The van der Waals surface area contributed by atoms with Crippen molar-refractivity contribution in [2.45, 2.75) is 4.90 Å². The van der Waals surface area contributed by atoms with Gasteiger partial charge >= 0.3 is 0 Å². The molecule has 0 heterocycles. The van der Waals surface area contributed by atoms with Gasteiger partial charge in [0.15, 0.2) is 9.84 Å². The third-order valence-electron chi connectivity index (χ3n) is 2.84. The fourth-order valence-electron chi connectivity index (χ4n) is 1.77. The topological polar surface area (TPSA) is 106 Å². The first kappa shape index (κ1) is 15.6. The summed E-state index contributed by atoms with van der Waals surface area (Å²) in [6.07, 6.45) is 1.05. The second-order valence-electron chi connectivity index (χ2n) is 4.56. The number of benzene rings is 2. The Labute approximate surface area is 126 Å². The number of non-ortho nitro benzene ring substituents is 1. The lowest BCUT2D eigenvalue weighted by Crippen LogP contribution is -2.12. The molecule has 0 aliphatic rings. The van der Waals surface area contributed by atoms with Crippen LogP contribution in [0.3, 0.4) is 0 Å². The van der Waals surface area contributed by atoms with Gasteiger partial charge in [0.05, 0.1) is 9.82 Å². The molecule has 0 aliphatic carbocycles. The molecule has 8 heteroatoms. The lowest BCUT2D eigenvalue weighted by Gasteiger charge is -2.06. The zero-order valence-electron chi connectivity index (χ0n) is 11.5. The van der Waals surface area contributed by atoms with Crippen LogP contribution in [0.4, 0.5) is 11.4 Å². The molecule has 1 N–H and O–H groups in total. The van der Waals surface area contributed by atoms with Crippen LogP contribution in [0.15, 0.2) is 53.4 Å². The van der Waals surface area contributed by atoms with E-state index in [1.54, 1.807) is 0 Å². The Morgan fingerprint density at radius 3 is 2.45 bits per heavy atom. The molecule has 0 radical (unpaired) electrons. The molecule has 0 spiro atoms. The first-order valence-corrected chi connectivity index (χ1v) is 8.02. The van der Waals surface area contributed by atoms with Crippen molar-refractivity contribution in [3.8, 4) is 0 Å². The summed E-state index contributed by atoms with van der Waals surface area (Å²) in [6.45, 7) is 0. The van der Waals surface area contributed by atoms with Crippen molar-refractivity contribution in [1.82, 2.24) is 0 Å². The van der Waals surface area contributed by atoms with Crippen LogP contribution in [0.25, 0.3) is 0 Å². The highest BCUT2D eigenvalue weighted by Gasteiger charge is 2.13. The second kappa shape index (κ2) is 5.94. The summed E-state index contributed by atoms with van der Waals surface area (Å²) in [5, 5.41) is 13.2. The van der Waals surface area contributed by atoms with Gasteiger partial charge in [0.1, 0.15) is 0 Å². The maximum atomic E-state index is 12.1. The van der Waals surface area contributed by atoms with E-state index < -0.39 is 20.7 Å². The van der Waals surface area contributed by atoms with Gasteiger partial charge in [-0.2, -0.15) is 0 Å². The van der Waals surface area contributed by atoms with E-state index in [2.05, 4.69) is 5.32 Å². The smallest absolute Gasteiger partial charge is 0.271 e. The molecule has 1 amide bonds. The zero-order chi connectivity index (χ0) is 16.3. The Bertz CT molecular complexity index is 846. The number of carbonyl (C=O) groups excluding carboxylic acids is 1. The van der Waals surface area contributed by atoms with Gasteiger partial charge in [-0.3, -0.25) is 14.9 Å². The Morgan fingerprint density at radius 1 is 1.14 bits per heavy atom. The normalized spacial score (nSPS) is 11.0. The van der Waals surface area contributed by atoms with Crippen molar-refractivity contribution in [3.05, 3.63) is 64.2 Å². The molecule has 2 rings (SSSR count). The molecule has 114 valence electrons. The predicted octanol–water partition coefficient (Wildman–Crippen LogP) is 2.25. The summed E-state index contributed by atoms with van der Waals surface area (Å²) in [7, 11) is -3.42. The molecule has 7 nitrogen and oxygen atoms in total. The van der Waals surface area contributed by atoms with Crippen LogP contribution in [0.5, 0.6) is 0 Å². The molecule has 0 bridgehead atoms. The lowest BCUT2D eigenvalue weighted by atomic mass is 10.2. The van der Waals surface area contributed by atoms with Crippen LogP contribution < -0.4 is 5.32 Å². The molecule has 0 aromatic heterocycles. The Kier molecular flexibility index (Phi) is 4.22. The van der Waals surface area contributed by atoms with Crippen molar-refractivity contribution in [2.75, 3.05) is 11.6 Å². The van der Waals surface area contributed by atoms with Gasteiger partial charge in [0.2, 0.25) is 0 Å². The van der Waals surface area contributed by atoms with Crippen molar-refractivity contribution >= 4 is 27.1 Å². The SMILES string of the molecule is CS(=O)(=O)c1cccc(C(=O)Nc2cccc([N+](=O)[O-])c2)c1. The fraction of sp³-hybridized carbons (Fsp3) is 0.0714. The van der Waals surface area contributed by atoms with Gasteiger partial charge < -0.3 is 5.32 Å². The predicted molar refractivity (Wildman–Crippen MR) is 80.6 cm³/mol. The maximum absolute atomic E-state index is 12.1. The number of hydrogen-bond donors (Lipinski definition) is 1. The molecule has 0 unspecified atom stereocenters. The zero-order valence-corrected chi connectivity index (χ0v) is 12.3. The Morgan fingerprint density at radius 2 is 1.82 bits per heavy atom. The largest absolute Gasteiger partial charge is 0.322 e. The minimum absolute atomic E-state index is 0.0270. The summed E-state index contributed by atoms with van der Waals surface area (Å²) in [4.78, 5) is 22.2. The molecule has 0 aliphatic heterocycles. The highest BCUT2D eigenvalue weighted by molar-refractivity contribution is 7.90. The number of rotatable bonds is 4. The number of amides is 1. The van der Waals surface area contributed by atoms with Gasteiger partial charge in [-0.05, 0) is 24.3 Å². The van der Waals surface area contributed by atoms with Crippen LogP contribution >= 0.6 is 0 Å². The number of nitrogens with one attached hydrogen (secondary N) is 1. The fourth-order valence-corrected chi connectivity index (χ4v) is 2.44. The number of anilines is 1. The molecular weight excluding hydrogens is 308 g/mol. The monoisotopic (exact) mass is 320 g/mol. The van der Waals surface area contributed by atoms with E-state index in [9.17, 15) is 23.3 Å².